The van der Waals surface area contributed by atoms with Crippen LogP contribution in [0.5, 0.6) is 11.5 Å². The summed E-state index contributed by atoms with van der Waals surface area (Å²) in [7, 11) is -4.60. The van der Waals surface area contributed by atoms with Gasteiger partial charge >= 0.3 is 5.69 Å². The number of nitrogens with zero attached hydrogens (tertiary/aromatic N) is 5. The van der Waals surface area contributed by atoms with E-state index in [-0.39, 0.29) is 17.1 Å². The van der Waals surface area contributed by atoms with Gasteiger partial charge < -0.3 is 24.7 Å². The molecule has 5 aliphatic rings. The Bertz CT molecular complexity index is 2630. The van der Waals surface area contributed by atoms with Gasteiger partial charge in [-0.15, -0.1) is 0 Å². The maximum Gasteiger partial charge on any atom is 0.312 e. The summed E-state index contributed by atoms with van der Waals surface area (Å²) in [6.45, 7) is 9.22. The van der Waals surface area contributed by atoms with Crippen molar-refractivity contribution in [2.24, 2.45) is 23.2 Å². The smallest absolute Gasteiger partial charge is 0.312 e. The van der Waals surface area contributed by atoms with E-state index in [1.54, 1.807) is 24.4 Å². The molecule has 15 nitrogen and oxygen atoms in total. The van der Waals surface area contributed by atoms with Gasteiger partial charge in [-0.25, -0.2) is 23.1 Å². The number of ether oxygens (including phenoxy) is 2. The van der Waals surface area contributed by atoms with Crippen LogP contribution in [0.2, 0.25) is 0 Å². The molecule has 2 aromatic carbocycles. The molecule has 1 amide bonds. The summed E-state index contributed by atoms with van der Waals surface area (Å²) < 4.78 is 41.2. The van der Waals surface area contributed by atoms with E-state index in [1.165, 1.54) is 43.0 Å². The number of nitro groups is 1. The van der Waals surface area contributed by atoms with Crippen LogP contribution >= 0.6 is 0 Å². The summed E-state index contributed by atoms with van der Waals surface area (Å²) in [6.07, 6.45) is 11.3. The normalized spacial score (nSPS) is 23.4. The number of rotatable bonds is 13. The molecule has 62 heavy (non-hydrogen) atoms. The van der Waals surface area contributed by atoms with Crippen molar-refractivity contribution in [1.29, 1.82) is 0 Å². The second-order valence-corrected chi connectivity index (χ2v) is 19.9. The zero-order chi connectivity index (χ0) is 42.8. The van der Waals surface area contributed by atoms with Gasteiger partial charge in [-0.3, -0.25) is 19.8 Å². The molecule has 1 spiro atoms. The third-order valence-corrected chi connectivity index (χ3v) is 15.6. The fraction of sp³-hybridized carbons (Fsp3) is 0.457. The zero-order valence-corrected chi connectivity index (χ0v) is 35.8. The number of sulfonamides is 1. The molecule has 3 atom stereocenters. The Kier molecular flexibility index (Phi) is 10.4. The number of likely N-dealkylation sites (tertiary alicyclic amines) is 1. The Hall–Kier alpha value is -5.58. The summed E-state index contributed by atoms with van der Waals surface area (Å²) in [5.74, 6) is 1.19. The number of fused-ring (bicyclic) bond motifs is 2. The number of pyridine rings is 2. The highest BCUT2D eigenvalue weighted by molar-refractivity contribution is 7.90. The van der Waals surface area contributed by atoms with Gasteiger partial charge in [0.15, 0.2) is 0 Å². The first-order chi connectivity index (χ1) is 29.9. The van der Waals surface area contributed by atoms with E-state index in [1.807, 2.05) is 12.1 Å². The Morgan fingerprint density at radius 2 is 1.82 bits per heavy atom. The molecule has 2 saturated carbocycles. The van der Waals surface area contributed by atoms with Crippen molar-refractivity contribution >= 4 is 44.2 Å². The van der Waals surface area contributed by atoms with Gasteiger partial charge in [0.05, 0.1) is 36.1 Å². The van der Waals surface area contributed by atoms with Crippen LogP contribution in [0.3, 0.4) is 0 Å². The number of piperidine rings is 1. The SMILES string of the molecule is CC(C)c1ccccc1C1CCCN1C1CC2(CCN(c3ccc(C(=O)NS(=O)(=O)c4cnc(NCC5C6COCC56)c([N+](=O)[O-])c4)c(Oc4cnc5[nH]ccc5c4)c3)CC2)C1. The van der Waals surface area contributed by atoms with Gasteiger partial charge in [0.25, 0.3) is 15.9 Å². The fourth-order valence-corrected chi connectivity index (χ4v) is 11.7. The number of nitrogens with one attached hydrogen (secondary N) is 3. The van der Waals surface area contributed by atoms with Gasteiger partial charge in [0.1, 0.15) is 22.0 Å². The molecular formula is C46H52N8O7S. The molecular weight excluding hydrogens is 809 g/mol. The monoisotopic (exact) mass is 860 g/mol. The highest BCUT2D eigenvalue weighted by Crippen LogP contribution is 2.54. The van der Waals surface area contributed by atoms with Gasteiger partial charge in [-0.2, -0.15) is 0 Å². The maximum absolute atomic E-state index is 13.9. The van der Waals surface area contributed by atoms with Crippen LogP contribution in [0.25, 0.3) is 11.0 Å². The van der Waals surface area contributed by atoms with Crippen LogP contribution in [-0.4, -0.2) is 84.5 Å². The summed E-state index contributed by atoms with van der Waals surface area (Å²) in [6, 6.07) is 19.8. The minimum atomic E-state index is -4.60. The van der Waals surface area contributed by atoms with Gasteiger partial charge in [-0.1, -0.05) is 38.1 Å². The Balaban J connectivity index is 0.841. The lowest BCUT2D eigenvalue weighted by Crippen LogP contribution is -2.54. The summed E-state index contributed by atoms with van der Waals surface area (Å²) in [5, 5.41) is 15.9. The van der Waals surface area contributed by atoms with Crippen LogP contribution in [0, 0.1) is 33.3 Å². The minimum Gasteiger partial charge on any atom is -0.455 e. The molecule has 3 saturated heterocycles. The first-order valence-electron chi connectivity index (χ1n) is 21.8. The largest absolute Gasteiger partial charge is 0.455 e. The van der Waals surface area contributed by atoms with Crippen LogP contribution in [0.1, 0.15) is 85.8 Å². The van der Waals surface area contributed by atoms with Crippen LogP contribution < -0.4 is 19.7 Å². The molecule has 0 radical (unpaired) electrons. The lowest BCUT2D eigenvalue weighted by molar-refractivity contribution is -0.384. The minimum absolute atomic E-state index is 0.0271. The van der Waals surface area contributed by atoms with Crippen molar-refractivity contribution < 1.29 is 27.6 Å². The van der Waals surface area contributed by atoms with Gasteiger partial charge in [0.2, 0.25) is 5.82 Å². The second-order valence-electron chi connectivity index (χ2n) is 18.2. The third kappa shape index (κ3) is 7.66. The molecule has 0 bridgehead atoms. The van der Waals surface area contributed by atoms with E-state index in [2.05, 4.69) is 72.9 Å². The quantitative estimate of drug-likeness (QED) is 0.0773. The number of aromatic amines is 1. The average Bonchev–Trinajstić information content (AvgIpc) is 3.76. The predicted molar refractivity (Wildman–Crippen MR) is 234 cm³/mol. The molecule has 5 fully saturated rings. The van der Waals surface area contributed by atoms with Gasteiger partial charge in [-0.05, 0) is 110 Å². The molecule has 6 heterocycles. The Morgan fingerprint density at radius 3 is 2.60 bits per heavy atom. The molecule has 3 N–H and O–H groups in total. The van der Waals surface area contributed by atoms with E-state index >= 15 is 0 Å². The fourth-order valence-electron chi connectivity index (χ4n) is 10.8. The van der Waals surface area contributed by atoms with E-state index in [0.717, 1.165) is 55.8 Å². The van der Waals surface area contributed by atoms with Crippen LogP contribution in [-0.2, 0) is 14.8 Å². The standard InChI is InChI=1S/C46H52N8O7S/c1-28(2)34-6-3-4-7-35(34)40-8-5-15-53(40)31-21-46(22-31)12-16-52(17-13-46)30-9-10-36(42(19-30)61-32-18-29-11-14-47-43(29)48-23-32)45(55)51-62(58,59)33-20-41(54(56)57)44(49-24-33)50-25-37-38-26-60-27-39(37)38/h3-4,6-7,9-11,14,18-20,23-24,28,31,37-40H,5,8,12-13,15-17,21-22,25-27H2,1-2H3,(H,47,48)(H,49,50)(H,51,55). The molecule has 324 valence electrons. The van der Waals surface area contributed by atoms with Crippen molar-refractivity contribution in [1.82, 2.24) is 24.6 Å². The number of carbonyl (C=O) groups excluding carboxylic acids is 1. The van der Waals surface area contributed by atoms with E-state index in [4.69, 9.17) is 9.47 Å². The average molecular weight is 861 g/mol. The number of benzene rings is 2. The predicted octanol–water partition coefficient (Wildman–Crippen LogP) is 7.79. The molecule has 5 aromatic rings. The highest BCUT2D eigenvalue weighted by atomic mass is 32.2. The van der Waals surface area contributed by atoms with Crippen LogP contribution in [0.15, 0.2) is 84.1 Å². The number of hydrogen-bond acceptors (Lipinski definition) is 12. The molecule has 3 aliphatic heterocycles. The Labute approximate surface area is 360 Å². The van der Waals surface area contributed by atoms with Crippen molar-refractivity contribution in [2.75, 3.05) is 49.6 Å². The second kappa shape index (κ2) is 16.0. The van der Waals surface area contributed by atoms with E-state index in [0.29, 0.717) is 72.3 Å². The van der Waals surface area contributed by atoms with Crippen molar-refractivity contribution in [3.8, 4) is 11.5 Å². The highest BCUT2D eigenvalue weighted by Gasteiger charge is 2.53. The first-order valence-corrected chi connectivity index (χ1v) is 23.3. The van der Waals surface area contributed by atoms with E-state index < -0.39 is 31.4 Å². The van der Waals surface area contributed by atoms with Gasteiger partial charge in [0, 0.05) is 61.1 Å². The Morgan fingerprint density at radius 1 is 1.03 bits per heavy atom. The lowest BCUT2D eigenvalue weighted by atomic mass is 9.59. The summed E-state index contributed by atoms with van der Waals surface area (Å²) in [5.41, 5.74) is 4.27. The van der Waals surface area contributed by atoms with Crippen LogP contribution in [0.4, 0.5) is 17.2 Å². The van der Waals surface area contributed by atoms with Crippen molar-refractivity contribution in [2.45, 2.75) is 75.3 Å². The maximum atomic E-state index is 13.9. The summed E-state index contributed by atoms with van der Waals surface area (Å²) in [4.78, 5) is 41.5. The van der Waals surface area contributed by atoms with Crippen molar-refractivity contribution in [3.63, 3.8) is 0 Å². The zero-order valence-electron chi connectivity index (χ0n) is 35.0. The molecule has 3 unspecified atom stereocenters. The molecule has 16 heteroatoms. The van der Waals surface area contributed by atoms with Crippen molar-refractivity contribution in [3.05, 3.63) is 106 Å². The topological polar surface area (TPSA) is 185 Å². The first kappa shape index (κ1) is 40.5. The molecule has 3 aromatic heterocycles. The summed E-state index contributed by atoms with van der Waals surface area (Å²) >= 11 is 0. The number of aromatic nitrogens is 3. The number of amides is 1. The number of anilines is 2. The number of carbonyl (C=O) groups is 1. The van der Waals surface area contributed by atoms with E-state index in [9.17, 15) is 23.3 Å². The molecule has 10 rings (SSSR count). The third-order valence-electron chi connectivity index (χ3n) is 14.3. The lowest BCUT2D eigenvalue weighted by Gasteiger charge is -2.56. The number of hydrogen-bond donors (Lipinski definition) is 3. The number of H-pyrrole nitrogens is 1. The molecule has 2 aliphatic carbocycles.